The van der Waals surface area contributed by atoms with Crippen LogP contribution in [0.1, 0.15) is 44.2 Å². The molecule has 1 aliphatic carbocycles. The Morgan fingerprint density at radius 3 is 2.56 bits per heavy atom. The van der Waals surface area contributed by atoms with Gasteiger partial charge in [0.15, 0.2) is 5.13 Å². The monoisotopic (exact) mass is 478 g/mol. The van der Waals surface area contributed by atoms with Gasteiger partial charge in [0, 0.05) is 25.0 Å². The molecule has 0 spiro atoms. The second kappa shape index (κ2) is 9.46. The first-order chi connectivity index (χ1) is 15.3. The first-order valence-corrected chi connectivity index (χ1v) is 13.3. The van der Waals surface area contributed by atoms with Crippen molar-refractivity contribution in [2.45, 2.75) is 56.4 Å². The molecule has 0 radical (unpaired) electrons. The highest BCUT2D eigenvalue weighted by atomic mass is 32.2. The summed E-state index contributed by atoms with van der Waals surface area (Å²) in [6, 6.07) is 5.18. The Kier molecular flexibility index (Phi) is 6.85. The Bertz CT molecular complexity index is 1090. The predicted octanol–water partition coefficient (Wildman–Crippen LogP) is 3.37. The van der Waals surface area contributed by atoms with Gasteiger partial charge in [-0.3, -0.25) is 4.79 Å². The molecule has 8 nitrogen and oxygen atoms in total. The highest BCUT2D eigenvalue weighted by molar-refractivity contribution is 7.89. The van der Waals surface area contributed by atoms with Crippen LogP contribution in [0.3, 0.4) is 0 Å². The second-order valence-corrected chi connectivity index (χ2v) is 11.4. The van der Waals surface area contributed by atoms with Crippen molar-refractivity contribution >= 4 is 32.4 Å². The molecular formula is C22H30N4O4S2. The van der Waals surface area contributed by atoms with E-state index in [1.807, 2.05) is 13.0 Å². The number of nitrogens with one attached hydrogen (secondary N) is 1. The number of sulfonamides is 1. The number of ether oxygens (including phenoxy) is 1. The minimum absolute atomic E-state index is 0.0177. The number of benzene rings is 1. The van der Waals surface area contributed by atoms with Gasteiger partial charge in [0.1, 0.15) is 10.6 Å². The summed E-state index contributed by atoms with van der Waals surface area (Å²) in [7, 11) is -2.26. The van der Waals surface area contributed by atoms with Crippen molar-refractivity contribution < 1.29 is 17.9 Å². The van der Waals surface area contributed by atoms with E-state index in [2.05, 4.69) is 10.3 Å². The number of aryl methyl sites for hydroxylation is 1. The molecule has 3 N–H and O–H groups in total. The van der Waals surface area contributed by atoms with Crippen LogP contribution in [0.5, 0.6) is 5.75 Å². The van der Waals surface area contributed by atoms with Gasteiger partial charge < -0.3 is 15.8 Å². The number of nitrogens with two attached hydrogens (primary N) is 1. The lowest BCUT2D eigenvalue weighted by atomic mass is 10.1. The maximum Gasteiger partial charge on any atom is 0.246 e. The highest BCUT2D eigenvalue weighted by Crippen LogP contribution is 2.38. The topological polar surface area (TPSA) is 115 Å². The molecule has 174 valence electrons. The van der Waals surface area contributed by atoms with E-state index >= 15 is 0 Å². The number of anilines is 1. The number of rotatable bonds is 6. The molecule has 2 aromatic rings. The molecule has 0 bridgehead atoms. The van der Waals surface area contributed by atoms with Crippen molar-refractivity contribution in [1.82, 2.24) is 9.29 Å². The number of amides is 1. The Balaban J connectivity index is 1.62. The molecule has 1 saturated heterocycles. The van der Waals surface area contributed by atoms with E-state index in [9.17, 15) is 13.2 Å². The molecule has 0 atom stereocenters. The van der Waals surface area contributed by atoms with Gasteiger partial charge in [-0.2, -0.15) is 4.31 Å². The van der Waals surface area contributed by atoms with Crippen molar-refractivity contribution in [2.24, 2.45) is 11.7 Å². The molecule has 32 heavy (non-hydrogen) atoms. The molecule has 2 heterocycles. The number of hydrogen-bond acceptors (Lipinski definition) is 7. The Hall–Kier alpha value is -2.01. The van der Waals surface area contributed by atoms with Gasteiger partial charge in [-0.05, 0) is 56.4 Å². The summed E-state index contributed by atoms with van der Waals surface area (Å²) < 4.78 is 33.6. The van der Waals surface area contributed by atoms with Crippen molar-refractivity contribution in [2.75, 3.05) is 25.5 Å². The van der Waals surface area contributed by atoms with Crippen LogP contribution >= 0.6 is 11.3 Å². The minimum Gasteiger partial charge on any atom is -0.495 e. The zero-order valence-electron chi connectivity index (χ0n) is 18.5. The fraction of sp³-hybridized carbons (Fsp3) is 0.545. The van der Waals surface area contributed by atoms with E-state index < -0.39 is 10.0 Å². The molecule has 1 aromatic heterocycles. The maximum atomic E-state index is 13.4. The standard InChI is InChI=1S/C22H30N4O4S2/c1-14-20(31-22(24-14)25-21(27)15-5-3-4-6-15)16-7-8-18(30-2)19(13-16)32(28,29)26-11-9-17(23)10-12-26/h7-8,13,15,17H,3-6,9-12,23H2,1-2H3,(H,24,25,27). The number of carbonyl (C=O) groups excluding carboxylic acids is 1. The fourth-order valence-corrected chi connectivity index (χ4v) is 7.00. The van der Waals surface area contributed by atoms with Crippen LogP contribution in [0.25, 0.3) is 10.4 Å². The lowest BCUT2D eigenvalue weighted by Gasteiger charge is -2.29. The smallest absolute Gasteiger partial charge is 0.246 e. The van der Waals surface area contributed by atoms with Gasteiger partial charge in [-0.1, -0.05) is 24.2 Å². The summed E-state index contributed by atoms with van der Waals surface area (Å²) in [5, 5.41) is 3.48. The van der Waals surface area contributed by atoms with Gasteiger partial charge in [0.2, 0.25) is 15.9 Å². The zero-order valence-corrected chi connectivity index (χ0v) is 20.1. The number of aromatic nitrogens is 1. The molecular weight excluding hydrogens is 448 g/mol. The third-order valence-electron chi connectivity index (χ3n) is 6.29. The van der Waals surface area contributed by atoms with Crippen LogP contribution < -0.4 is 15.8 Å². The molecule has 2 aliphatic rings. The number of methoxy groups -OCH3 is 1. The van der Waals surface area contributed by atoms with Crippen LogP contribution in [-0.2, 0) is 14.8 Å². The summed E-state index contributed by atoms with van der Waals surface area (Å²) in [6.07, 6.45) is 5.30. The van der Waals surface area contributed by atoms with Crippen LogP contribution in [0.4, 0.5) is 5.13 Å². The van der Waals surface area contributed by atoms with Crippen LogP contribution in [0.15, 0.2) is 23.1 Å². The number of carbonyl (C=O) groups is 1. The molecule has 0 unspecified atom stereocenters. The summed E-state index contributed by atoms with van der Waals surface area (Å²) >= 11 is 1.36. The molecule has 1 aliphatic heterocycles. The lowest BCUT2D eigenvalue weighted by Crippen LogP contribution is -2.42. The molecule has 1 aromatic carbocycles. The summed E-state index contributed by atoms with van der Waals surface area (Å²) in [5.41, 5.74) is 7.42. The van der Waals surface area contributed by atoms with Crippen LogP contribution in [-0.4, -0.2) is 49.9 Å². The molecule has 10 heteroatoms. The maximum absolute atomic E-state index is 13.4. The molecule has 2 fully saturated rings. The largest absolute Gasteiger partial charge is 0.495 e. The molecule has 1 amide bonds. The summed E-state index contributed by atoms with van der Waals surface area (Å²) in [4.78, 5) is 18.0. The first-order valence-electron chi connectivity index (χ1n) is 11.0. The van der Waals surface area contributed by atoms with Crippen molar-refractivity contribution in [1.29, 1.82) is 0 Å². The lowest BCUT2D eigenvalue weighted by molar-refractivity contribution is -0.119. The fourth-order valence-electron chi connectivity index (χ4n) is 4.39. The molecule has 4 rings (SSSR count). The number of thiazole rings is 1. The SMILES string of the molecule is COc1ccc(-c2sc(NC(=O)C3CCCC3)nc2C)cc1S(=O)(=O)N1CCC(N)CC1. The van der Waals surface area contributed by atoms with Gasteiger partial charge in [-0.15, -0.1) is 0 Å². The summed E-state index contributed by atoms with van der Waals surface area (Å²) in [5.74, 6) is 0.378. The second-order valence-electron chi connectivity index (χ2n) is 8.51. The average molecular weight is 479 g/mol. The zero-order chi connectivity index (χ0) is 22.9. The van der Waals surface area contributed by atoms with Gasteiger partial charge in [-0.25, -0.2) is 13.4 Å². The van der Waals surface area contributed by atoms with Crippen molar-refractivity contribution in [3.05, 3.63) is 23.9 Å². The average Bonchev–Trinajstić information content (AvgIpc) is 3.43. The van der Waals surface area contributed by atoms with E-state index in [1.165, 1.54) is 22.8 Å². The molecule has 1 saturated carbocycles. The van der Waals surface area contributed by atoms with Crippen LogP contribution in [0, 0.1) is 12.8 Å². The quantitative estimate of drug-likeness (QED) is 0.658. The van der Waals surface area contributed by atoms with Gasteiger partial charge >= 0.3 is 0 Å². The number of piperidine rings is 1. The Morgan fingerprint density at radius 1 is 1.22 bits per heavy atom. The third-order valence-corrected chi connectivity index (χ3v) is 9.34. The number of hydrogen-bond donors (Lipinski definition) is 2. The van der Waals surface area contributed by atoms with Crippen molar-refractivity contribution in [3.8, 4) is 16.2 Å². The first kappa shape index (κ1) is 23.2. The van der Waals surface area contributed by atoms with E-state index in [4.69, 9.17) is 10.5 Å². The van der Waals surface area contributed by atoms with E-state index in [-0.39, 0.29) is 22.8 Å². The van der Waals surface area contributed by atoms with E-state index in [1.54, 1.807) is 12.1 Å². The summed E-state index contributed by atoms with van der Waals surface area (Å²) in [6.45, 7) is 2.66. The van der Waals surface area contributed by atoms with Crippen molar-refractivity contribution in [3.63, 3.8) is 0 Å². The highest BCUT2D eigenvalue weighted by Gasteiger charge is 2.31. The van der Waals surface area contributed by atoms with E-state index in [0.29, 0.717) is 36.8 Å². The minimum atomic E-state index is -3.73. The predicted molar refractivity (Wildman–Crippen MR) is 125 cm³/mol. The Labute approximate surface area is 193 Å². The van der Waals surface area contributed by atoms with Gasteiger partial charge in [0.25, 0.3) is 0 Å². The normalized spacial score (nSPS) is 18.7. The van der Waals surface area contributed by atoms with E-state index in [0.717, 1.165) is 41.8 Å². The Morgan fingerprint density at radius 2 is 1.91 bits per heavy atom. The third kappa shape index (κ3) is 4.68. The van der Waals surface area contributed by atoms with Gasteiger partial charge in [0.05, 0.1) is 17.7 Å². The number of nitrogens with zero attached hydrogens (tertiary/aromatic N) is 2. The van der Waals surface area contributed by atoms with Crippen LogP contribution in [0.2, 0.25) is 0 Å².